The third-order valence-electron chi connectivity index (χ3n) is 10.1. The SMILES string of the molecule is CC1(C)C(=CC=CC2=[N+](CCCCS(=O)(=O)[O-])c3ccc4ccccc4c3C2(C)C)N(CCCCS(=O)(=O)[O-])c2ccc3ccccc3c21.[K+]. The third kappa shape index (κ3) is 7.91. The summed E-state index contributed by atoms with van der Waals surface area (Å²) in [6.07, 6.45) is 8.04. The Hall–Kier alpha value is -2.19. The van der Waals surface area contributed by atoms with Crippen molar-refractivity contribution in [2.24, 2.45) is 0 Å². The summed E-state index contributed by atoms with van der Waals surface area (Å²) >= 11 is 0. The summed E-state index contributed by atoms with van der Waals surface area (Å²) < 4.78 is 70.2. The van der Waals surface area contributed by atoms with Crippen LogP contribution in [0.5, 0.6) is 0 Å². The molecule has 0 saturated heterocycles. The number of benzene rings is 4. The van der Waals surface area contributed by atoms with Crippen LogP contribution in [0.1, 0.15) is 64.5 Å². The van der Waals surface area contributed by atoms with Gasteiger partial charge in [-0.05, 0) is 78.4 Å². The van der Waals surface area contributed by atoms with Crippen LogP contribution in [0.25, 0.3) is 21.5 Å². The third-order valence-corrected chi connectivity index (χ3v) is 11.6. The Morgan fingerprint density at radius 1 is 0.700 bits per heavy atom. The van der Waals surface area contributed by atoms with Crippen molar-refractivity contribution in [3.63, 3.8) is 0 Å². The van der Waals surface area contributed by atoms with E-state index in [1.54, 1.807) is 0 Å². The van der Waals surface area contributed by atoms with Crippen LogP contribution >= 0.6 is 0 Å². The van der Waals surface area contributed by atoms with Crippen molar-refractivity contribution in [3.05, 3.63) is 108 Å². The van der Waals surface area contributed by atoms with E-state index in [-0.39, 0.29) is 86.6 Å². The van der Waals surface area contributed by atoms with Crippen molar-refractivity contribution >= 4 is 58.9 Å². The van der Waals surface area contributed by atoms with E-state index in [9.17, 15) is 25.9 Å². The zero-order valence-corrected chi connectivity index (χ0v) is 34.2. The molecule has 8 nitrogen and oxygen atoms in total. The van der Waals surface area contributed by atoms with Gasteiger partial charge < -0.3 is 14.0 Å². The monoisotopic (exact) mass is 738 g/mol. The Kier molecular flexibility index (Phi) is 11.7. The van der Waals surface area contributed by atoms with E-state index in [4.69, 9.17) is 0 Å². The van der Waals surface area contributed by atoms with E-state index >= 15 is 0 Å². The summed E-state index contributed by atoms with van der Waals surface area (Å²) in [6.45, 7) is 9.99. The van der Waals surface area contributed by atoms with Crippen molar-refractivity contribution in [1.82, 2.24) is 0 Å². The molecule has 0 aliphatic carbocycles. The zero-order chi connectivity index (χ0) is 35.2. The minimum Gasteiger partial charge on any atom is -0.748 e. The first-order valence-electron chi connectivity index (χ1n) is 16.8. The van der Waals surface area contributed by atoms with E-state index in [1.165, 1.54) is 21.9 Å². The number of anilines is 1. The van der Waals surface area contributed by atoms with Gasteiger partial charge >= 0.3 is 51.4 Å². The van der Waals surface area contributed by atoms with Gasteiger partial charge in [0.25, 0.3) is 0 Å². The number of allylic oxidation sites excluding steroid dienone is 4. The second-order valence-corrected chi connectivity index (χ2v) is 17.2. The van der Waals surface area contributed by atoms with Crippen LogP contribution in [0.2, 0.25) is 0 Å². The molecule has 0 bridgehead atoms. The van der Waals surface area contributed by atoms with Crippen molar-refractivity contribution in [1.29, 1.82) is 0 Å². The quantitative estimate of drug-likeness (QED) is 0.0923. The molecular weight excluding hydrogens is 696 g/mol. The average Bonchev–Trinajstić information content (AvgIpc) is 3.39. The van der Waals surface area contributed by atoms with E-state index in [2.05, 4.69) is 104 Å². The molecule has 0 fully saturated rings. The van der Waals surface area contributed by atoms with Gasteiger partial charge in [0.2, 0.25) is 5.69 Å². The predicted octanol–water partition coefficient (Wildman–Crippen LogP) is 4.26. The molecular formula is C39H43KN2O6S2. The molecule has 11 heteroatoms. The fourth-order valence-corrected chi connectivity index (χ4v) is 9.00. The van der Waals surface area contributed by atoms with Gasteiger partial charge in [0, 0.05) is 59.0 Å². The molecule has 4 aromatic rings. The first-order valence-corrected chi connectivity index (χ1v) is 20.0. The number of nitrogens with zero attached hydrogens (tertiary/aromatic N) is 2. The predicted molar refractivity (Wildman–Crippen MR) is 196 cm³/mol. The molecule has 2 aliphatic heterocycles. The van der Waals surface area contributed by atoms with Crippen LogP contribution in [-0.2, 0) is 31.1 Å². The summed E-state index contributed by atoms with van der Waals surface area (Å²) in [6, 6.07) is 25.2. The second-order valence-electron chi connectivity index (χ2n) is 14.1. The van der Waals surface area contributed by atoms with Crippen LogP contribution in [0.3, 0.4) is 0 Å². The average molecular weight is 739 g/mol. The fourth-order valence-electron chi connectivity index (χ4n) is 7.88. The van der Waals surface area contributed by atoms with Gasteiger partial charge in [0.1, 0.15) is 6.54 Å². The molecule has 0 spiro atoms. The topological polar surface area (TPSA) is 121 Å². The van der Waals surface area contributed by atoms with Crippen LogP contribution < -0.4 is 56.3 Å². The first-order chi connectivity index (χ1) is 23.1. The Balaban J connectivity index is 0.00000486. The molecule has 6 rings (SSSR count). The number of fused-ring (bicyclic) bond motifs is 6. The molecule has 2 heterocycles. The Morgan fingerprint density at radius 3 is 1.88 bits per heavy atom. The maximum absolute atomic E-state index is 11.3. The van der Waals surface area contributed by atoms with Gasteiger partial charge in [-0.1, -0.05) is 74.5 Å². The molecule has 2 aliphatic rings. The minimum absolute atomic E-state index is 0. The number of hydrogen-bond acceptors (Lipinski definition) is 7. The smallest absolute Gasteiger partial charge is 0.748 e. The van der Waals surface area contributed by atoms with Crippen molar-refractivity contribution in [2.45, 2.75) is 64.2 Å². The molecule has 50 heavy (non-hydrogen) atoms. The van der Waals surface area contributed by atoms with Gasteiger partial charge in [0.05, 0.1) is 25.7 Å². The van der Waals surface area contributed by atoms with Gasteiger partial charge in [0.15, 0.2) is 5.71 Å². The summed E-state index contributed by atoms with van der Waals surface area (Å²) in [5.41, 5.74) is 5.99. The zero-order valence-electron chi connectivity index (χ0n) is 29.5. The summed E-state index contributed by atoms with van der Waals surface area (Å²) in [4.78, 5) is 2.26. The minimum atomic E-state index is -4.29. The summed E-state index contributed by atoms with van der Waals surface area (Å²) in [5.74, 6) is -0.764. The maximum Gasteiger partial charge on any atom is 1.00 e. The molecule has 0 aromatic heterocycles. The Morgan fingerprint density at radius 2 is 1.26 bits per heavy atom. The van der Waals surface area contributed by atoms with Gasteiger partial charge in [-0.3, -0.25) is 0 Å². The Labute approximate surface area is 338 Å². The fraction of sp³-hybridized carbons (Fsp3) is 0.359. The molecule has 0 radical (unpaired) electrons. The second kappa shape index (κ2) is 15.0. The van der Waals surface area contributed by atoms with Crippen LogP contribution in [0.15, 0.2) is 96.7 Å². The largest absolute Gasteiger partial charge is 1.00 e. The summed E-state index contributed by atoms with van der Waals surface area (Å²) in [7, 11) is -8.57. The molecule has 0 unspecified atom stereocenters. The van der Waals surface area contributed by atoms with E-state index in [0.717, 1.165) is 33.6 Å². The van der Waals surface area contributed by atoms with Gasteiger partial charge in [-0.15, -0.1) is 0 Å². The summed E-state index contributed by atoms with van der Waals surface area (Å²) in [5, 5.41) is 4.64. The van der Waals surface area contributed by atoms with Gasteiger partial charge in [-0.25, -0.2) is 16.8 Å². The molecule has 0 amide bonds. The van der Waals surface area contributed by atoms with Crippen LogP contribution in [0, 0.1) is 0 Å². The molecule has 0 saturated carbocycles. The van der Waals surface area contributed by atoms with Crippen molar-refractivity contribution in [3.8, 4) is 0 Å². The van der Waals surface area contributed by atoms with Crippen LogP contribution in [-0.4, -0.2) is 60.8 Å². The number of unbranched alkanes of at least 4 members (excludes halogenated alkanes) is 2. The maximum atomic E-state index is 11.3. The van der Waals surface area contributed by atoms with E-state index < -0.39 is 20.2 Å². The number of rotatable bonds is 12. The van der Waals surface area contributed by atoms with Gasteiger partial charge in [-0.2, -0.15) is 4.58 Å². The molecule has 4 aromatic carbocycles. The van der Waals surface area contributed by atoms with Crippen molar-refractivity contribution < 1.29 is 81.9 Å². The van der Waals surface area contributed by atoms with Crippen LogP contribution in [0.4, 0.5) is 11.4 Å². The normalized spacial score (nSPS) is 17.6. The molecule has 0 N–H and O–H groups in total. The molecule has 0 atom stereocenters. The number of hydrogen-bond donors (Lipinski definition) is 0. The van der Waals surface area contributed by atoms with E-state index in [1.807, 2.05) is 24.3 Å². The van der Waals surface area contributed by atoms with E-state index in [0.29, 0.717) is 25.9 Å². The Bertz CT molecular complexity index is 2260. The van der Waals surface area contributed by atoms with Crippen molar-refractivity contribution in [2.75, 3.05) is 29.5 Å². The standard InChI is InChI=1S/C39H44N2O6S2.K/c1-38(2)34(40(24-9-11-26-48(42,43)44)32-22-20-28-14-5-7-16-30(28)36(32)38)18-13-19-35-39(3,4)37-31-17-8-6-15-29(31)21-23-33(37)41(35)25-10-12-27-49(45,46)47;/h5-8,13-23H,9-12,24-27H2,1-4H3,(H-,42,43,44,45,46,47);/q;+1/p-1. The molecule has 258 valence electrons. The first kappa shape index (κ1) is 39.0.